The molecular weight excluding hydrogens is 368 g/mol. The van der Waals surface area contributed by atoms with Crippen LogP contribution in [0.2, 0.25) is 0 Å². The summed E-state index contributed by atoms with van der Waals surface area (Å²) >= 11 is 2.96. The predicted molar refractivity (Wildman–Crippen MR) is 106 cm³/mol. The molecule has 1 atom stereocenters. The summed E-state index contributed by atoms with van der Waals surface area (Å²) in [7, 11) is 0. The highest BCUT2D eigenvalue weighted by molar-refractivity contribution is 7.10. The van der Waals surface area contributed by atoms with Crippen LogP contribution in [0, 0.1) is 0 Å². The number of rotatable bonds is 7. The molecule has 136 valence electrons. The van der Waals surface area contributed by atoms with Crippen molar-refractivity contribution in [3.05, 3.63) is 69.0 Å². The summed E-state index contributed by atoms with van der Waals surface area (Å²) in [6, 6.07) is 12.5. The van der Waals surface area contributed by atoms with Crippen LogP contribution in [0.15, 0.2) is 58.6 Å². The van der Waals surface area contributed by atoms with Crippen molar-refractivity contribution in [2.24, 2.45) is 0 Å². The van der Waals surface area contributed by atoms with Crippen molar-refractivity contribution >= 4 is 34.4 Å². The van der Waals surface area contributed by atoms with Crippen LogP contribution in [-0.2, 0) is 5.60 Å². The highest BCUT2D eigenvalue weighted by Crippen LogP contribution is 2.33. The number of amides is 2. The molecule has 0 spiro atoms. The fraction of sp³-hybridized carbons (Fsp3) is 0.211. The third kappa shape index (κ3) is 4.07. The average Bonchev–Trinajstić information content (AvgIpc) is 3.35. The molecule has 2 heterocycles. The van der Waals surface area contributed by atoms with Crippen molar-refractivity contribution in [1.29, 1.82) is 0 Å². The number of carbonyl (C=O) groups is 1. The summed E-state index contributed by atoms with van der Waals surface area (Å²) in [6.45, 7) is 2.46. The van der Waals surface area contributed by atoms with Gasteiger partial charge in [0.1, 0.15) is 11.4 Å². The Morgan fingerprint density at radius 1 is 1.19 bits per heavy atom. The van der Waals surface area contributed by atoms with Crippen molar-refractivity contribution in [2.45, 2.75) is 12.5 Å². The number of hydrogen-bond donors (Lipinski definition) is 3. The van der Waals surface area contributed by atoms with Crippen molar-refractivity contribution in [2.75, 3.05) is 18.5 Å². The van der Waals surface area contributed by atoms with E-state index in [4.69, 9.17) is 4.74 Å². The molecule has 3 rings (SSSR count). The van der Waals surface area contributed by atoms with Crippen molar-refractivity contribution < 1.29 is 14.6 Å². The standard InChI is InChI=1S/C19H20N2O3S2/c1-2-24-16-7-4-3-6-15(16)21-18(22)20-13-19(23,14-9-11-25-12-14)17-8-5-10-26-17/h3-12,23H,2,13H2,1H3,(H2,20,21,22)/t19-/m0/s1. The number of aliphatic hydroxyl groups is 1. The maximum atomic E-state index is 12.4. The van der Waals surface area contributed by atoms with Gasteiger partial charge in [-0.15, -0.1) is 11.3 Å². The van der Waals surface area contributed by atoms with Gasteiger partial charge in [-0.1, -0.05) is 18.2 Å². The molecular formula is C19H20N2O3S2. The number of ether oxygens (including phenoxy) is 1. The molecule has 5 nitrogen and oxygen atoms in total. The Morgan fingerprint density at radius 2 is 2.04 bits per heavy atom. The maximum Gasteiger partial charge on any atom is 0.319 e. The van der Waals surface area contributed by atoms with Gasteiger partial charge in [0, 0.05) is 10.4 Å². The molecule has 0 fully saturated rings. The summed E-state index contributed by atoms with van der Waals surface area (Å²) < 4.78 is 5.51. The predicted octanol–water partition coefficient (Wildman–Crippen LogP) is 4.27. The Bertz CT molecular complexity index is 798. The van der Waals surface area contributed by atoms with Gasteiger partial charge in [-0.3, -0.25) is 0 Å². The van der Waals surface area contributed by atoms with E-state index in [2.05, 4.69) is 10.6 Å². The fourth-order valence-electron chi connectivity index (χ4n) is 2.57. The number of nitrogens with one attached hydrogen (secondary N) is 2. The number of benzene rings is 1. The van der Waals surface area contributed by atoms with Gasteiger partial charge in [0.15, 0.2) is 0 Å². The van der Waals surface area contributed by atoms with Crippen LogP contribution in [0.5, 0.6) is 5.75 Å². The minimum Gasteiger partial charge on any atom is -0.492 e. The zero-order chi connectivity index (χ0) is 18.4. The average molecular weight is 389 g/mol. The van der Waals surface area contributed by atoms with E-state index < -0.39 is 11.6 Å². The minimum absolute atomic E-state index is 0.0624. The number of anilines is 1. The lowest BCUT2D eigenvalue weighted by Gasteiger charge is -2.27. The van der Waals surface area contributed by atoms with Crippen LogP contribution >= 0.6 is 22.7 Å². The number of para-hydroxylation sites is 2. The summed E-state index contributed by atoms with van der Waals surface area (Å²) in [6.07, 6.45) is 0. The van der Waals surface area contributed by atoms with E-state index in [9.17, 15) is 9.90 Å². The molecule has 0 unspecified atom stereocenters. The van der Waals surface area contributed by atoms with Crippen LogP contribution in [0.3, 0.4) is 0 Å². The van der Waals surface area contributed by atoms with Crippen LogP contribution in [-0.4, -0.2) is 24.3 Å². The first kappa shape index (κ1) is 18.4. The van der Waals surface area contributed by atoms with Gasteiger partial charge < -0.3 is 20.5 Å². The van der Waals surface area contributed by atoms with Gasteiger partial charge >= 0.3 is 6.03 Å². The number of hydrogen-bond acceptors (Lipinski definition) is 5. The van der Waals surface area contributed by atoms with E-state index in [-0.39, 0.29) is 6.54 Å². The molecule has 2 aromatic heterocycles. The smallest absolute Gasteiger partial charge is 0.319 e. The second kappa shape index (κ2) is 8.35. The number of carbonyl (C=O) groups excluding carboxylic acids is 1. The molecule has 3 aromatic rings. The first-order valence-electron chi connectivity index (χ1n) is 8.19. The lowest BCUT2D eigenvalue weighted by molar-refractivity contribution is 0.0871. The van der Waals surface area contributed by atoms with E-state index in [0.717, 1.165) is 10.4 Å². The molecule has 3 N–H and O–H groups in total. The third-order valence-corrected chi connectivity index (χ3v) is 5.57. The largest absolute Gasteiger partial charge is 0.492 e. The highest BCUT2D eigenvalue weighted by Gasteiger charge is 2.33. The van der Waals surface area contributed by atoms with Crippen molar-refractivity contribution in [3.63, 3.8) is 0 Å². The van der Waals surface area contributed by atoms with Crippen LogP contribution in [0.1, 0.15) is 17.4 Å². The molecule has 0 radical (unpaired) electrons. The SMILES string of the molecule is CCOc1ccccc1NC(=O)NC[C@](O)(c1ccsc1)c1cccs1. The van der Waals surface area contributed by atoms with E-state index >= 15 is 0 Å². The van der Waals surface area contributed by atoms with E-state index in [1.54, 1.807) is 12.1 Å². The second-order valence-electron chi connectivity index (χ2n) is 5.59. The monoisotopic (exact) mass is 388 g/mol. The van der Waals surface area contributed by atoms with Gasteiger partial charge in [-0.25, -0.2) is 4.79 Å². The highest BCUT2D eigenvalue weighted by atomic mass is 32.1. The molecule has 2 amide bonds. The molecule has 0 aliphatic carbocycles. The molecule has 0 saturated heterocycles. The Balaban J connectivity index is 1.71. The normalized spacial score (nSPS) is 13.0. The Morgan fingerprint density at radius 3 is 2.73 bits per heavy atom. The molecule has 0 aliphatic rings. The van der Waals surface area contributed by atoms with Gasteiger partial charge in [0.05, 0.1) is 18.8 Å². The Kier molecular flexibility index (Phi) is 5.92. The number of thiophene rings is 2. The van der Waals surface area contributed by atoms with Crippen molar-refractivity contribution in [1.82, 2.24) is 5.32 Å². The lowest BCUT2D eigenvalue weighted by atomic mass is 9.94. The zero-order valence-electron chi connectivity index (χ0n) is 14.3. The topological polar surface area (TPSA) is 70.6 Å². The van der Waals surface area contributed by atoms with Gasteiger partial charge in [0.25, 0.3) is 0 Å². The van der Waals surface area contributed by atoms with Gasteiger partial charge in [-0.05, 0) is 47.3 Å². The van der Waals surface area contributed by atoms with Gasteiger partial charge in [-0.2, -0.15) is 11.3 Å². The summed E-state index contributed by atoms with van der Waals surface area (Å²) in [5, 5.41) is 22.5. The van der Waals surface area contributed by atoms with Crippen LogP contribution in [0.25, 0.3) is 0 Å². The Hall–Kier alpha value is -2.35. The molecule has 0 aliphatic heterocycles. The van der Waals surface area contributed by atoms with Gasteiger partial charge in [0.2, 0.25) is 0 Å². The Labute approximate surface area is 160 Å². The summed E-state index contributed by atoms with van der Waals surface area (Å²) in [5.74, 6) is 0.608. The molecule has 7 heteroatoms. The molecule has 1 aromatic carbocycles. The molecule has 26 heavy (non-hydrogen) atoms. The first-order valence-corrected chi connectivity index (χ1v) is 10.0. The fourth-order valence-corrected chi connectivity index (χ4v) is 4.14. The van der Waals surface area contributed by atoms with Crippen LogP contribution in [0.4, 0.5) is 10.5 Å². The maximum absolute atomic E-state index is 12.4. The zero-order valence-corrected chi connectivity index (χ0v) is 15.9. The summed E-state index contributed by atoms with van der Waals surface area (Å²) in [4.78, 5) is 13.2. The minimum atomic E-state index is -1.26. The van der Waals surface area contributed by atoms with E-state index in [0.29, 0.717) is 18.0 Å². The van der Waals surface area contributed by atoms with Crippen molar-refractivity contribution in [3.8, 4) is 5.75 Å². The molecule has 0 saturated carbocycles. The molecule has 0 bridgehead atoms. The summed E-state index contributed by atoms with van der Waals surface area (Å²) in [5.41, 5.74) is 0.0901. The number of urea groups is 1. The van der Waals surface area contributed by atoms with E-state index in [1.807, 2.05) is 53.4 Å². The first-order chi connectivity index (χ1) is 12.6. The second-order valence-corrected chi connectivity index (χ2v) is 7.31. The van der Waals surface area contributed by atoms with Crippen LogP contribution < -0.4 is 15.4 Å². The quantitative estimate of drug-likeness (QED) is 0.566. The third-order valence-electron chi connectivity index (χ3n) is 3.87. The van der Waals surface area contributed by atoms with E-state index in [1.165, 1.54) is 22.7 Å². The lowest BCUT2D eigenvalue weighted by Crippen LogP contribution is -2.42.